The number of ether oxygens (including phenoxy) is 1. The number of nitrogens with zero attached hydrogens (tertiary/aromatic N) is 1. The van der Waals surface area contributed by atoms with Crippen LogP contribution in [0.15, 0.2) is 41.4 Å². The first-order valence-electron chi connectivity index (χ1n) is 6.67. The van der Waals surface area contributed by atoms with Crippen molar-refractivity contribution in [3.05, 3.63) is 53.6 Å². The van der Waals surface area contributed by atoms with Gasteiger partial charge < -0.3 is 4.74 Å². The van der Waals surface area contributed by atoms with Crippen molar-refractivity contribution in [1.29, 1.82) is 0 Å². The zero-order chi connectivity index (χ0) is 16.2. The van der Waals surface area contributed by atoms with Crippen LogP contribution in [0.1, 0.15) is 11.3 Å². The van der Waals surface area contributed by atoms with Crippen molar-refractivity contribution in [3.63, 3.8) is 0 Å². The molecule has 1 aromatic heterocycles. The van der Waals surface area contributed by atoms with E-state index in [-0.39, 0.29) is 17.2 Å². The maximum Gasteiger partial charge on any atom is 0.240 e. The van der Waals surface area contributed by atoms with E-state index >= 15 is 0 Å². The molecule has 0 atom stereocenters. The topological polar surface area (TPSA) is 68.3 Å². The summed E-state index contributed by atoms with van der Waals surface area (Å²) >= 11 is 0. The summed E-state index contributed by atoms with van der Waals surface area (Å²) in [5.41, 5.74) is 1.84. The van der Waals surface area contributed by atoms with Crippen LogP contribution in [0.3, 0.4) is 0 Å². The smallest absolute Gasteiger partial charge is 0.240 e. The zero-order valence-corrected chi connectivity index (χ0v) is 13.2. The van der Waals surface area contributed by atoms with Crippen LogP contribution in [0.4, 0.5) is 4.39 Å². The fourth-order valence-corrected chi connectivity index (χ4v) is 2.91. The number of sulfonamides is 1. The van der Waals surface area contributed by atoms with Crippen LogP contribution < -0.4 is 9.46 Å². The Balaban J connectivity index is 2.03. The quantitative estimate of drug-likeness (QED) is 0.883. The molecule has 0 aliphatic carbocycles. The minimum absolute atomic E-state index is 0.0345. The molecular weight excluding hydrogens is 307 g/mol. The fraction of sp³-hybridized carbons (Fsp3) is 0.267. The average molecular weight is 324 g/mol. The molecule has 0 saturated carbocycles. The molecule has 5 nitrogen and oxygen atoms in total. The number of pyridine rings is 1. The van der Waals surface area contributed by atoms with E-state index in [4.69, 9.17) is 4.74 Å². The van der Waals surface area contributed by atoms with Gasteiger partial charge in [-0.05, 0) is 37.1 Å². The lowest BCUT2D eigenvalue weighted by Crippen LogP contribution is -2.26. The Morgan fingerprint density at radius 1 is 1.27 bits per heavy atom. The van der Waals surface area contributed by atoms with E-state index in [1.807, 2.05) is 19.1 Å². The molecule has 2 aromatic rings. The van der Waals surface area contributed by atoms with Gasteiger partial charge in [-0.15, -0.1) is 0 Å². The molecule has 22 heavy (non-hydrogen) atoms. The van der Waals surface area contributed by atoms with Gasteiger partial charge in [0.05, 0.1) is 12.0 Å². The van der Waals surface area contributed by atoms with E-state index in [0.29, 0.717) is 6.42 Å². The van der Waals surface area contributed by atoms with Gasteiger partial charge in [0.1, 0.15) is 0 Å². The highest BCUT2D eigenvalue weighted by Gasteiger charge is 2.16. The molecule has 0 radical (unpaired) electrons. The van der Waals surface area contributed by atoms with Crippen LogP contribution in [-0.2, 0) is 16.4 Å². The molecule has 2 rings (SSSR count). The summed E-state index contributed by atoms with van der Waals surface area (Å²) in [6.45, 7) is 2.11. The van der Waals surface area contributed by atoms with Gasteiger partial charge in [0, 0.05) is 24.5 Å². The van der Waals surface area contributed by atoms with Crippen molar-refractivity contribution in [2.75, 3.05) is 13.7 Å². The summed E-state index contributed by atoms with van der Waals surface area (Å²) in [4.78, 5) is 4.11. The summed E-state index contributed by atoms with van der Waals surface area (Å²) in [7, 11) is -2.42. The van der Waals surface area contributed by atoms with E-state index < -0.39 is 15.8 Å². The molecule has 0 amide bonds. The molecule has 1 heterocycles. The monoisotopic (exact) mass is 324 g/mol. The van der Waals surface area contributed by atoms with Crippen LogP contribution in [-0.4, -0.2) is 27.1 Å². The van der Waals surface area contributed by atoms with Crippen LogP contribution in [0.5, 0.6) is 5.75 Å². The number of aryl methyl sites for hydroxylation is 1. The third-order valence-corrected chi connectivity index (χ3v) is 4.57. The van der Waals surface area contributed by atoms with Crippen molar-refractivity contribution in [1.82, 2.24) is 9.71 Å². The number of halogens is 1. The summed E-state index contributed by atoms with van der Waals surface area (Å²) < 4.78 is 44.9. The molecule has 118 valence electrons. The SMILES string of the molecule is COc1cc(S(=O)(=O)NCCc2ccc(C)nc2)ccc1F. The van der Waals surface area contributed by atoms with E-state index in [1.165, 1.54) is 13.2 Å². The second kappa shape index (κ2) is 6.85. The predicted octanol–water partition coefficient (Wildman–Crippen LogP) is 2.06. The standard InChI is InChI=1S/C15H17FN2O3S/c1-11-3-4-12(10-17-11)7-8-18-22(19,20)13-5-6-14(16)15(9-13)21-2/h3-6,9-10,18H,7-8H2,1-2H3. The first-order valence-corrected chi connectivity index (χ1v) is 8.15. The Morgan fingerprint density at radius 3 is 2.68 bits per heavy atom. The van der Waals surface area contributed by atoms with Crippen molar-refractivity contribution < 1.29 is 17.5 Å². The van der Waals surface area contributed by atoms with Crippen LogP contribution in [0.25, 0.3) is 0 Å². The maximum atomic E-state index is 13.3. The van der Waals surface area contributed by atoms with Crippen molar-refractivity contribution in [2.45, 2.75) is 18.2 Å². The molecule has 0 aliphatic heterocycles. The summed E-state index contributed by atoms with van der Waals surface area (Å²) in [5, 5.41) is 0. The largest absolute Gasteiger partial charge is 0.494 e. The fourth-order valence-electron chi connectivity index (χ4n) is 1.87. The second-order valence-corrected chi connectivity index (χ2v) is 6.52. The molecule has 0 spiro atoms. The van der Waals surface area contributed by atoms with Crippen molar-refractivity contribution >= 4 is 10.0 Å². The predicted molar refractivity (Wildman–Crippen MR) is 80.8 cm³/mol. The highest BCUT2D eigenvalue weighted by molar-refractivity contribution is 7.89. The van der Waals surface area contributed by atoms with Gasteiger partial charge in [0.15, 0.2) is 11.6 Å². The van der Waals surface area contributed by atoms with Crippen LogP contribution in [0, 0.1) is 12.7 Å². The lowest BCUT2D eigenvalue weighted by Gasteiger charge is -2.09. The molecule has 1 N–H and O–H groups in total. The van der Waals surface area contributed by atoms with Gasteiger partial charge in [-0.1, -0.05) is 6.07 Å². The average Bonchev–Trinajstić information content (AvgIpc) is 2.49. The van der Waals surface area contributed by atoms with Gasteiger partial charge in [-0.25, -0.2) is 17.5 Å². The Kier molecular flexibility index (Phi) is 5.10. The Morgan fingerprint density at radius 2 is 2.05 bits per heavy atom. The Bertz CT molecular complexity index is 746. The minimum atomic E-state index is -3.71. The van der Waals surface area contributed by atoms with Gasteiger partial charge in [-0.3, -0.25) is 4.98 Å². The minimum Gasteiger partial charge on any atom is -0.494 e. The molecule has 0 bridgehead atoms. The van der Waals surface area contributed by atoms with E-state index in [9.17, 15) is 12.8 Å². The number of hydrogen-bond donors (Lipinski definition) is 1. The first-order chi connectivity index (χ1) is 10.4. The van der Waals surface area contributed by atoms with Gasteiger partial charge >= 0.3 is 0 Å². The molecule has 0 fully saturated rings. The molecule has 0 unspecified atom stereocenters. The molecule has 0 saturated heterocycles. The lowest BCUT2D eigenvalue weighted by molar-refractivity contribution is 0.385. The molecule has 1 aromatic carbocycles. The lowest BCUT2D eigenvalue weighted by atomic mass is 10.2. The normalized spacial score (nSPS) is 11.4. The van der Waals surface area contributed by atoms with E-state index in [0.717, 1.165) is 23.4 Å². The second-order valence-electron chi connectivity index (χ2n) is 4.75. The summed E-state index contributed by atoms with van der Waals surface area (Å²) in [5.74, 6) is -0.710. The summed E-state index contributed by atoms with van der Waals surface area (Å²) in [6, 6.07) is 7.20. The molecular formula is C15H17FN2O3S. The number of hydrogen-bond acceptors (Lipinski definition) is 4. The van der Waals surface area contributed by atoms with Crippen molar-refractivity contribution in [2.24, 2.45) is 0 Å². The number of aromatic nitrogens is 1. The zero-order valence-electron chi connectivity index (χ0n) is 12.3. The maximum absolute atomic E-state index is 13.3. The third kappa shape index (κ3) is 4.02. The summed E-state index contributed by atoms with van der Waals surface area (Å²) in [6.07, 6.45) is 2.23. The number of rotatable bonds is 6. The number of nitrogens with one attached hydrogen (secondary N) is 1. The number of benzene rings is 1. The first kappa shape index (κ1) is 16.4. The highest BCUT2D eigenvalue weighted by atomic mass is 32.2. The number of methoxy groups -OCH3 is 1. The van der Waals surface area contributed by atoms with Crippen molar-refractivity contribution in [3.8, 4) is 5.75 Å². The third-order valence-electron chi connectivity index (χ3n) is 3.11. The molecule has 0 aliphatic rings. The Labute approximate surface area is 129 Å². The Hall–Kier alpha value is -1.99. The van der Waals surface area contributed by atoms with E-state index in [2.05, 4.69) is 9.71 Å². The van der Waals surface area contributed by atoms with Crippen LogP contribution >= 0.6 is 0 Å². The molecule has 7 heteroatoms. The highest BCUT2D eigenvalue weighted by Crippen LogP contribution is 2.21. The van der Waals surface area contributed by atoms with Gasteiger partial charge in [-0.2, -0.15) is 0 Å². The van der Waals surface area contributed by atoms with E-state index in [1.54, 1.807) is 6.20 Å². The van der Waals surface area contributed by atoms with Crippen LogP contribution in [0.2, 0.25) is 0 Å². The van der Waals surface area contributed by atoms with Gasteiger partial charge in [0.2, 0.25) is 10.0 Å². The van der Waals surface area contributed by atoms with Gasteiger partial charge in [0.25, 0.3) is 0 Å².